The third-order valence-electron chi connectivity index (χ3n) is 2.37. The maximum atomic E-state index is 11.4. The number of rotatable bonds is 4. The lowest BCUT2D eigenvalue weighted by Crippen LogP contribution is -2.40. The molecule has 0 aromatic heterocycles. The Morgan fingerprint density at radius 1 is 1.42 bits per heavy atom. The van der Waals surface area contributed by atoms with E-state index in [9.17, 15) is 19.7 Å². The Balaban J connectivity index is 2.73. The Labute approximate surface area is 108 Å². The average molecular weight is 267 g/mol. The van der Waals surface area contributed by atoms with Gasteiger partial charge in [0.2, 0.25) is 0 Å². The highest BCUT2D eigenvalue weighted by atomic mass is 16.6. The topological polar surface area (TPSA) is 122 Å². The first kappa shape index (κ1) is 14.4. The van der Waals surface area contributed by atoms with Crippen molar-refractivity contribution in [3.8, 4) is 0 Å². The van der Waals surface area contributed by atoms with Gasteiger partial charge in [-0.05, 0) is 26.0 Å². The molecule has 0 bridgehead atoms. The Bertz CT molecular complexity index is 529. The van der Waals surface area contributed by atoms with Crippen LogP contribution >= 0.6 is 0 Å². The van der Waals surface area contributed by atoms with Crippen LogP contribution in [0.3, 0.4) is 0 Å². The molecule has 1 aromatic rings. The molecule has 0 saturated carbocycles. The third-order valence-corrected chi connectivity index (χ3v) is 2.37. The highest BCUT2D eigenvalue weighted by Gasteiger charge is 2.15. The summed E-state index contributed by atoms with van der Waals surface area (Å²) in [6.45, 7) is 2.87. The third kappa shape index (κ3) is 3.95. The van der Waals surface area contributed by atoms with E-state index in [2.05, 4.69) is 10.6 Å². The van der Waals surface area contributed by atoms with Crippen molar-refractivity contribution in [3.63, 3.8) is 0 Å². The molecule has 3 N–H and O–H groups in total. The summed E-state index contributed by atoms with van der Waals surface area (Å²) < 4.78 is 0. The van der Waals surface area contributed by atoms with Gasteiger partial charge in [-0.15, -0.1) is 0 Å². The molecule has 0 fully saturated rings. The summed E-state index contributed by atoms with van der Waals surface area (Å²) in [4.78, 5) is 32.1. The molecule has 0 heterocycles. The van der Waals surface area contributed by atoms with Crippen molar-refractivity contribution in [2.45, 2.75) is 19.9 Å². The number of urea groups is 1. The molecular weight excluding hydrogens is 254 g/mol. The Morgan fingerprint density at radius 3 is 2.53 bits per heavy atom. The predicted octanol–water partition coefficient (Wildman–Crippen LogP) is 1.50. The first-order valence-electron chi connectivity index (χ1n) is 5.36. The number of anilines is 1. The van der Waals surface area contributed by atoms with E-state index in [4.69, 9.17) is 5.11 Å². The van der Waals surface area contributed by atoms with Crippen LogP contribution in [-0.4, -0.2) is 28.1 Å². The second-order valence-electron chi connectivity index (χ2n) is 3.92. The van der Waals surface area contributed by atoms with E-state index in [0.717, 1.165) is 0 Å². The van der Waals surface area contributed by atoms with Gasteiger partial charge in [0.15, 0.2) is 0 Å². The standard InChI is InChI=1S/C11H13N3O5/c1-6-5-8(3-4-9(6)14(18)19)13-11(17)12-7(2)10(15)16/h3-5,7H,1-2H3,(H,15,16)(H2,12,13,17)/t7-/m0/s1. The number of aryl methyl sites for hydroxylation is 1. The Kier molecular flexibility index (Phi) is 4.41. The summed E-state index contributed by atoms with van der Waals surface area (Å²) in [5, 5.41) is 23.8. The lowest BCUT2D eigenvalue weighted by atomic mass is 10.2. The molecule has 1 atom stereocenters. The zero-order valence-corrected chi connectivity index (χ0v) is 10.3. The van der Waals surface area contributed by atoms with Crippen LogP contribution in [-0.2, 0) is 4.79 Å². The summed E-state index contributed by atoms with van der Waals surface area (Å²) in [5.41, 5.74) is 0.692. The van der Waals surface area contributed by atoms with Crippen LogP contribution in [0.5, 0.6) is 0 Å². The molecule has 19 heavy (non-hydrogen) atoms. The zero-order chi connectivity index (χ0) is 14.6. The fourth-order valence-corrected chi connectivity index (χ4v) is 1.36. The summed E-state index contributed by atoms with van der Waals surface area (Å²) >= 11 is 0. The number of carbonyl (C=O) groups excluding carboxylic acids is 1. The fourth-order valence-electron chi connectivity index (χ4n) is 1.36. The van der Waals surface area contributed by atoms with Crippen LogP contribution in [0.4, 0.5) is 16.2 Å². The van der Waals surface area contributed by atoms with Crippen molar-refractivity contribution in [3.05, 3.63) is 33.9 Å². The lowest BCUT2D eigenvalue weighted by molar-refractivity contribution is -0.385. The second-order valence-corrected chi connectivity index (χ2v) is 3.92. The number of carbonyl (C=O) groups is 2. The molecule has 0 aliphatic carbocycles. The van der Waals surface area contributed by atoms with Crippen molar-refractivity contribution in [2.75, 3.05) is 5.32 Å². The molecule has 0 unspecified atom stereocenters. The summed E-state index contributed by atoms with van der Waals surface area (Å²) in [6.07, 6.45) is 0. The number of hydrogen-bond donors (Lipinski definition) is 3. The van der Waals surface area contributed by atoms with Gasteiger partial charge in [0.25, 0.3) is 5.69 Å². The number of carboxylic acid groups (broad SMARTS) is 1. The predicted molar refractivity (Wildman–Crippen MR) is 67.1 cm³/mol. The normalized spacial score (nSPS) is 11.5. The fraction of sp³-hybridized carbons (Fsp3) is 0.273. The van der Waals surface area contributed by atoms with E-state index >= 15 is 0 Å². The number of nitro groups is 1. The van der Waals surface area contributed by atoms with Crippen molar-refractivity contribution in [2.24, 2.45) is 0 Å². The first-order chi connectivity index (χ1) is 8.81. The largest absolute Gasteiger partial charge is 0.480 e. The van der Waals surface area contributed by atoms with E-state index in [1.807, 2.05) is 0 Å². The molecule has 102 valence electrons. The van der Waals surface area contributed by atoms with Gasteiger partial charge in [-0.3, -0.25) is 14.9 Å². The molecule has 0 aliphatic heterocycles. The van der Waals surface area contributed by atoms with Crippen LogP contribution in [0.2, 0.25) is 0 Å². The van der Waals surface area contributed by atoms with Crippen LogP contribution in [0.15, 0.2) is 18.2 Å². The van der Waals surface area contributed by atoms with E-state index in [1.54, 1.807) is 6.92 Å². The minimum absolute atomic E-state index is 0.0511. The van der Waals surface area contributed by atoms with Gasteiger partial charge >= 0.3 is 12.0 Å². The molecule has 2 amide bonds. The summed E-state index contributed by atoms with van der Waals surface area (Å²) in [5.74, 6) is -1.16. The molecule has 1 aromatic carbocycles. The van der Waals surface area contributed by atoms with Crippen LogP contribution in [0.1, 0.15) is 12.5 Å². The number of nitrogens with zero attached hydrogens (tertiary/aromatic N) is 1. The first-order valence-corrected chi connectivity index (χ1v) is 5.36. The molecule has 8 heteroatoms. The maximum absolute atomic E-state index is 11.4. The van der Waals surface area contributed by atoms with Crippen LogP contribution in [0.25, 0.3) is 0 Å². The number of nitrogens with one attached hydrogen (secondary N) is 2. The second kappa shape index (κ2) is 5.80. The quantitative estimate of drug-likeness (QED) is 0.563. The molecule has 0 aliphatic rings. The Hall–Kier alpha value is -2.64. The highest BCUT2D eigenvalue weighted by Crippen LogP contribution is 2.21. The van der Waals surface area contributed by atoms with E-state index in [0.29, 0.717) is 11.3 Å². The van der Waals surface area contributed by atoms with Crippen molar-refractivity contribution >= 4 is 23.4 Å². The SMILES string of the molecule is Cc1cc(NC(=O)N[C@@H](C)C(=O)O)ccc1[N+](=O)[O-]. The van der Waals surface area contributed by atoms with E-state index in [-0.39, 0.29) is 5.69 Å². The summed E-state index contributed by atoms with van der Waals surface area (Å²) in [6, 6.07) is 2.35. The zero-order valence-electron chi connectivity index (χ0n) is 10.3. The number of carboxylic acids is 1. The number of benzene rings is 1. The maximum Gasteiger partial charge on any atom is 0.325 e. The van der Waals surface area contributed by atoms with Gasteiger partial charge in [0, 0.05) is 17.3 Å². The van der Waals surface area contributed by atoms with Crippen molar-refractivity contribution in [1.29, 1.82) is 0 Å². The highest BCUT2D eigenvalue weighted by molar-refractivity contribution is 5.92. The summed E-state index contributed by atoms with van der Waals surface area (Å²) in [7, 11) is 0. The molecule has 1 rings (SSSR count). The average Bonchev–Trinajstić information content (AvgIpc) is 2.27. The van der Waals surface area contributed by atoms with Gasteiger partial charge in [0.1, 0.15) is 6.04 Å². The lowest BCUT2D eigenvalue weighted by Gasteiger charge is -2.11. The minimum Gasteiger partial charge on any atom is -0.480 e. The number of amides is 2. The van der Waals surface area contributed by atoms with Crippen molar-refractivity contribution in [1.82, 2.24) is 5.32 Å². The van der Waals surface area contributed by atoms with Gasteiger partial charge in [-0.1, -0.05) is 0 Å². The van der Waals surface area contributed by atoms with Gasteiger partial charge in [-0.2, -0.15) is 0 Å². The number of hydrogen-bond acceptors (Lipinski definition) is 4. The molecule has 0 spiro atoms. The van der Waals surface area contributed by atoms with E-state index < -0.39 is 23.0 Å². The molecule has 0 radical (unpaired) electrons. The number of nitro benzene ring substituents is 1. The monoisotopic (exact) mass is 267 g/mol. The number of aliphatic carboxylic acids is 1. The van der Waals surface area contributed by atoms with Gasteiger partial charge < -0.3 is 15.7 Å². The van der Waals surface area contributed by atoms with Crippen LogP contribution in [0, 0.1) is 17.0 Å². The smallest absolute Gasteiger partial charge is 0.325 e. The molecular formula is C11H13N3O5. The van der Waals surface area contributed by atoms with Gasteiger partial charge in [-0.25, -0.2) is 4.79 Å². The van der Waals surface area contributed by atoms with E-state index in [1.165, 1.54) is 25.1 Å². The van der Waals surface area contributed by atoms with Crippen molar-refractivity contribution < 1.29 is 19.6 Å². The van der Waals surface area contributed by atoms with Crippen LogP contribution < -0.4 is 10.6 Å². The minimum atomic E-state index is -1.16. The Morgan fingerprint density at radius 2 is 2.05 bits per heavy atom. The molecule has 8 nitrogen and oxygen atoms in total. The van der Waals surface area contributed by atoms with Gasteiger partial charge in [0.05, 0.1) is 4.92 Å². The molecule has 0 saturated heterocycles.